The minimum atomic E-state index is -3.49. The molecule has 0 fully saturated rings. The molecule has 0 radical (unpaired) electrons. The van der Waals surface area contributed by atoms with E-state index in [2.05, 4.69) is 4.72 Å². The maximum atomic E-state index is 11.5. The first kappa shape index (κ1) is 15.7. The molecule has 1 rings (SSSR count). The quantitative estimate of drug-likeness (QED) is 0.759. The highest BCUT2D eigenvalue weighted by molar-refractivity contribution is 7.89. The first-order valence-electron chi connectivity index (χ1n) is 6.15. The van der Waals surface area contributed by atoms with E-state index >= 15 is 0 Å². The first-order chi connectivity index (χ1) is 8.91. The Kier molecular flexibility index (Phi) is 5.98. The summed E-state index contributed by atoms with van der Waals surface area (Å²) in [5, 5.41) is 8.45. The van der Waals surface area contributed by atoms with Crippen molar-refractivity contribution < 1.29 is 18.3 Å². The van der Waals surface area contributed by atoms with Gasteiger partial charge >= 0.3 is 5.97 Å². The smallest absolute Gasteiger partial charge is 0.304 e. The highest BCUT2D eigenvalue weighted by Gasteiger charge is 2.13. The van der Waals surface area contributed by atoms with Gasteiger partial charge in [0.2, 0.25) is 10.0 Å². The second-order valence-corrected chi connectivity index (χ2v) is 6.38. The molecule has 0 bridgehead atoms. The van der Waals surface area contributed by atoms with Crippen molar-refractivity contribution in [3.8, 4) is 0 Å². The monoisotopic (exact) mass is 285 g/mol. The standard InChI is InChI=1S/C13H19NO4S/c1-11(12-5-3-2-4-6-12)7-9-14-19(17,18)10-8-13(15)16/h2-6,11,14H,7-10H2,1H3,(H,15,16). The van der Waals surface area contributed by atoms with Gasteiger partial charge in [0.1, 0.15) is 0 Å². The normalized spacial score (nSPS) is 13.1. The fraction of sp³-hybridized carbons (Fsp3) is 0.462. The number of carboxylic acid groups (broad SMARTS) is 1. The lowest BCUT2D eigenvalue weighted by Gasteiger charge is -2.12. The predicted molar refractivity (Wildman–Crippen MR) is 73.5 cm³/mol. The second kappa shape index (κ2) is 7.25. The Labute approximate surface area is 113 Å². The predicted octanol–water partition coefficient (Wildman–Crippen LogP) is 1.57. The topological polar surface area (TPSA) is 83.5 Å². The Morgan fingerprint density at radius 3 is 2.53 bits per heavy atom. The molecule has 5 nitrogen and oxygen atoms in total. The van der Waals surface area contributed by atoms with Crippen molar-refractivity contribution in [3.63, 3.8) is 0 Å². The Hall–Kier alpha value is -1.40. The minimum absolute atomic E-state index is 0.253. The van der Waals surface area contributed by atoms with E-state index in [4.69, 9.17) is 5.11 Å². The Morgan fingerprint density at radius 1 is 1.32 bits per heavy atom. The molecule has 0 aliphatic rings. The summed E-state index contributed by atoms with van der Waals surface area (Å²) in [4.78, 5) is 10.3. The number of nitrogens with one attached hydrogen (secondary N) is 1. The Bertz CT molecular complexity index is 499. The lowest BCUT2D eigenvalue weighted by molar-refractivity contribution is -0.136. The lowest BCUT2D eigenvalue weighted by atomic mass is 9.98. The molecule has 0 amide bonds. The molecular weight excluding hydrogens is 266 g/mol. The summed E-state index contributed by atoms with van der Waals surface area (Å²) in [5.74, 6) is -1.23. The van der Waals surface area contributed by atoms with E-state index < -0.39 is 16.0 Å². The fourth-order valence-electron chi connectivity index (χ4n) is 1.67. The molecule has 0 spiro atoms. The van der Waals surface area contributed by atoms with Gasteiger partial charge in [0.25, 0.3) is 0 Å². The SMILES string of the molecule is CC(CCNS(=O)(=O)CCC(=O)O)c1ccccc1. The molecule has 1 atom stereocenters. The zero-order valence-electron chi connectivity index (χ0n) is 10.9. The van der Waals surface area contributed by atoms with Crippen LogP contribution in [0.5, 0.6) is 0 Å². The maximum Gasteiger partial charge on any atom is 0.304 e. The van der Waals surface area contributed by atoms with Gasteiger partial charge in [0.15, 0.2) is 0 Å². The molecule has 1 unspecified atom stereocenters. The molecule has 0 aliphatic carbocycles. The van der Waals surface area contributed by atoms with Crippen molar-refractivity contribution in [2.45, 2.75) is 25.7 Å². The summed E-state index contributed by atoms with van der Waals surface area (Å²) >= 11 is 0. The van der Waals surface area contributed by atoms with Crippen molar-refractivity contribution in [2.24, 2.45) is 0 Å². The van der Waals surface area contributed by atoms with Gasteiger partial charge in [-0.05, 0) is 17.9 Å². The number of hydrogen-bond acceptors (Lipinski definition) is 3. The number of aliphatic carboxylic acids is 1. The van der Waals surface area contributed by atoms with Crippen LogP contribution in [-0.2, 0) is 14.8 Å². The minimum Gasteiger partial charge on any atom is -0.481 e. The molecule has 2 N–H and O–H groups in total. The van der Waals surface area contributed by atoms with E-state index in [-0.39, 0.29) is 18.1 Å². The Morgan fingerprint density at radius 2 is 1.95 bits per heavy atom. The van der Waals surface area contributed by atoms with E-state index in [0.717, 1.165) is 5.56 Å². The molecule has 0 heterocycles. The highest BCUT2D eigenvalue weighted by Crippen LogP contribution is 2.17. The van der Waals surface area contributed by atoms with Crippen molar-refractivity contribution in [1.29, 1.82) is 0 Å². The van der Waals surface area contributed by atoms with Gasteiger partial charge in [0.05, 0.1) is 12.2 Å². The highest BCUT2D eigenvalue weighted by atomic mass is 32.2. The van der Waals surface area contributed by atoms with Crippen LogP contribution in [0.25, 0.3) is 0 Å². The molecule has 106 valence electrons. The van der Waals surface area contributed by atoms with Gasteiger partial charge in [-0.1, -0.05) is 37.3 Å². The van der Waals surface area contributed by atoms with Gasteiger partial charge in [-0.3, -0.25) is 4.79 Å². The van der Waals surface area contributed by atoms with E-state index in [1.54, 1.807) is 0 Å². The van der Waals surface area contributed by atoms with E-state index in [9.17, 15) is 13.2 Å². The van der Waals surface area contributed by atoms with Crippen molar-refractivity contribution in [2.75, 3.05) is 12.3 Å². The van der Waals surface area contributed by atoms with Gasteiger partial charge < -0.3 is 5.11 Å². The van der Waals surface area contributed by atoms with E-state index in [1.165, 1.54) is 0 Å². The number of carbonyl (C=O) groups is 1. The molecule has 19 heavy (non-hydrogen) atoms. The van der Waals surface area contributed by atoms with Crippen LogP contribution in [0.2, 0.25) is 0 Å². The summed E-state index contributed by atoms with van der Waals surface area (Å²) in [5.41, 5.74) is 1.16. The lowest BCUT2D eigenvalue weighted by Crippen LogP contribution is -2.29. The van der Waals surface area contributed by atoms with Crippen LogP contribution in [0.3, 0.4) is 0 Å². The molecule has 0 saturated carbocycles. The number of hydrogen-bond donors (Lipinski definition) is 2. The van der Waals surface area contributed by atoms with Crippen LogP contribution < -0.4 is 4.72 Å². The summed E-state index contributed by atoms with van der Waals surface area (Å²) < 4.78 is 25.4. The van der Waals surface area contributed by atoms with Crippen LogP contribution in [0.1, 0.15) is 31.2 Å². The Balaban J connectivity index is 2.36. The van der Waals surface area contributed by atoms with Crippen LogP contribution in [0.15, 0.2) is 30.3 Å². The molecular formula is C13H19NO4S. The zero-order chi connectivity index (χ0) is 14.3. The van der Waals surface area contributed by atoms with Gasteiger partial charge in [0, 0.05) is 6.54 Å². The molecule has 0 aliphatic heterocycles. The van der Waals surface area contributed by atoms with Gasteiger partial charge in [-0.2, -0.15) is 0 Å². The fourth-order valence-corrected chi connectivity index (χ4v) is 2.69. The number of benzene rings is 1. The summed E-state index contributed by atoms with van der Waals surface area (Å²) in [6.07, 6.45) is 0.305. The molecule has 1 aromatic rings. The van der Waals surface area contributed by atoms with Gasteiger partial charge in [-0.15, -0.1) is 0 Å². The van der Waals surface area contributed by atoms with E-state index in [0.29, 0.717) is 13.0 Å². The van der Waals surface area contributed by atoms with Crippen molar-refractivity contribution in [3.05, 3.63) is 35.9 Å². The van der Waals surface area contributed by atoms with Crippen LogP contribution >= 0.6 is 0 Å². The number of rotatable bonds is 8. The third-order valence-electron chi connectivity index (χ3n) is 2.85. The van der Waals surface area contributed by atoms with Crippen LogP contribution in [-0.4, -0.2) is 31.8 Å². The third-order valence-corrected chi connectivity index (χ3v) is 4.24. The molecule has 0 aromatic heterocycles. The zero-order valence-corrected chi connectivity index (χ0v) is 11.7. The third kappa shape index (κ3) is 6.35. The summed E-state index contributed by atoms with van der Waals surface area (Å²) in [6.45, 7) is 2.35. The largest absolute Gasteiger partial charge is 0.481 e. The van der Waals surface area contributed by atoms with Crippen LogP contribution in [0.4, 0.5) is 0 Å². The molecule has 6 heteroatoms. The van der Waals surface area contributed by atoms with Gasteiger partial charge in [-0.25, -0.2) is 13.1 Å². The first-order valence-corrected chi connectivity index (χ1v) is 7.80. The average Bonchev–Trinajstić information content (AvgIpc) is 2.37. The summed E-state index contributed by atoms with van der Waals surface area (Å²) in [7, 11) is -3.49. The second-order valence-electron chi connectivity index (χ2n) is 4.46. The van der Waals surface area contributed by atoms with Crippen molar-refractivity contribution >= 4 is 16.0 Å². The number of sulfonamides is 1. The number of carboxylic acids is 1. The molecule has 0 saturated heterocycles. The van der Waals surface area contributed by atoms with Crippen molar-refractivity contribution in [1.82, 2.24) is 4.72 Å². The summed E-state index contributed by atoms with van der Waals surface area (Å²) in [6, 6.07) is 9.84. The molecule has 1 aromatic carbocycles. The van der Waals surface area contributed by atoms with Crippen LogP contribution in [0, 0.1) is 0 Å². The van der Waals surface area contributed by atoms with E-state index in [1.807, 2.05) is 37.3 Å². The maximum absolute atomic E-state index is 11.5. The average molecular weight is 285 g/mol.